The average Bonchev–Trinajstić information content (AvgIpc) is 3.44. The largest absolute Gasteiger partial charge is 0.456 e. The fourth-order valence-corrected chi connectivity index (χ4v) is 11.2. The molecule has 1 saturated heterocycles. The second kappa shape index (κ2) is 11.2. The quantitative estimate of drug-likeness (QED) is 0.207. The highest BCUT2D eigenvalue weighted by molar-refractivity contribution is 6.99. The molecule has 4 aromatic rings. The molecule has 45 heavy (non-hydrogen) atoms. The molecule has 4 unspecified atom stereocenters. The number of ether oxygens (including phenoxy) is 2. The van der Waals surface area contributed by atoms with E-state index >= 15 is 0 Å². The molecule has 4 atom stereocenters. The molecule has 234 valence electrons. The van der Waals surface area contributed by atoms with Gasteiger partial charge < -0.3 is 34.6 Å². The lowest BCUT2D eigenvalue weighted by atomic mass is 9.96. The summed E-state index contributed by atoms with van der Waals surface area (Å²) in [6, 6.07) is 21.6. The van der Waals surface area contributed by atoms with Gasteiger partial charge in [0.25, 0.3) is 13.9 Å². The van der Waals surface area contributed by atoms with Gasteiger partial charge in [0.15, 0.2) is 12.3 Å². The highest BCUT2D eigenvalue weighted by Gasteiger charge is 2.58. The maximum atomic E-state index is 12.4. The van der Waals surface area contributed by atoms with Gasteiger partial charge in [-0.05, 0) is 22.3 Å². The maximum Gasteiger partial charge on any atom is 0.303 e. The second-order valence-corrected chi connectivity index (χ2v) is 17.0. The molecule has 0 amide bonds. The Morgan fingerprint density at radius 3 is 2.33 bits per heavy atom. The van der Waals surface area contributed by atoms with E-state index in [2.05, 4.69) is 60.3 Å². The second-order valence-electron chi connectivity index (χ2n) is 12.7. The number of carbonyl (C=O) groups excluding carboxylic acids is 1. The zero-order chi connectivity index (χ0) is 32.1. The standard InChI is InChI=1S/C33H37N5O6Si/c1-20(39)43-28-25(18-42-45(32(2,3)4,21-12-8-6-9-13-21)22-14-10-7-11-15-22)44-31(33(28,5)41)38-17-23-24(34)16-26(40)37-29-27(23)30(38)36-19-35-29/h6-17,19,25,28,31,41H,18,34H2,1-5H3,(H,35,36,37,40). The smallest absolute Gasteiger partial charge is 0.303 e. The number of hydrogen-bond donors (Lipinski definition) is 3. The van der Waals surface area contributed by atoms with Crippen molar-refractivity contribution < 1.29 is 23.8 Å². The Balaban J connectivity index is 1.44. The molecule has 0 spiro atoms. The summed E-state index contributed by atoms with van der Waals surface area (Å²) in [5.41, 5.74) is 4.26. The number of hydrogen-bond acceptors (Lipinski definition) is 10. The summed E-state index contributed by atoms with van der Waals surface area (Å²) < 4.78 is 21.1. The number of aromatic nitrogens is 2. The highest BCUT2D eigenvalue weighted by atomic mass is 28.4. The highest BCUT2D eigenvalue weighted by Crippen LogP contribution is 2.47. The third kappa shape index (κ3) is 5.13. The van der Waals surface area contributed by atoms with Crippen LogP contribution in [0, 0.1) is 0 Å². The van der Waals surface area contributed by atoms with E-state index in [1.807, 2.05) is 36.4 Å². The molecular formula is C33H37N5O6Si. The SMILES string of the molecule is CC(=O)OC1C(CO[Si](c2ccccc2)(c2ccccc2)C(C)(C)C)OC(n2cc3c(N)cc(=O)nc4c3c2N=CN4)C1(C)O. The third-order valence-corrected chi connectivity index (χ3v) is 13.6. The molecule has 2 aromatic heterocycles. The van der Waals surface area contributed by atoms with Crippen LogP contribution in [0.15, 0.2) is 82.7 Å². The van der Waals surface area contributed by atoms with Gasteiger partial charge in [-0.25, -0.2) is 4.99 Å². The van der Waals surface area contributed by atoms with Gasteiger partial charge in [-0.3, -0.25) is 9.59 Å². The first-order chi connectivity index (χ1) is 21.3. The predicted molar refractivity (Wildman–Crippen MR) is 176 cm³/mol. The van der Waals surface area contributed by atoms with Crippen molar-refractivity contribution in [1.29, 1.82) is 0 Å². The van der Waals surface area contributed by atoms with Gasteiger partial charge in [0.1, 0.15) is 23.3 Å². The first kappa shape index (κ1) is 30.7. The zero-order valence-corrected chi connectivity index (χ0v) is 26.9. The number of aliphatic imine (C=N–C) groups is 1. The summed E-state index contributed by atoms with van der Waals surface area (Å²) in [4.78, 5) is 33.3. The fraction of sp³-hybridized carbons (Fsp3) is 0.333. The number of nitrogens with zero attached hydrogens (tertiary/aromatic N) is 3. The number of nitrogens with one attached hydrogen (secondary N) is 1. The maximum absolute atomic E-state index is 12.4. The molecule has 2 aliphatic heterocycles. The van der Waals surface area contributed by atoms with Gasteiger partial charge in [-0.15, -0.1) is 0 Å². The molecule has 2 aromatic carbocycles. The van der Waals surface area contributed by atoms with Gasteiger partial charge in [-0.2, -0.15) is 4.98 Å². The first-order valence-electron chi connectivity index (χ1n) is 14.8. The van der Waals surface area contributed by atoms with E-state index in [9.17, 15) is 14.7 Å². The minimum Gasteiger partial charge on any atom is -0.456 e. The summed E-state index contributed by atoms with van der Waals surface area (Å²) in [6.45, 7) is 9.40. The van der Waals surface area contributed by atoms with Crippen LogP contribution in [0.4, 0.5) is 17.3 Å². The Morgan fingerprint density at radius 1 is 1.13 bits per heavy atom. The Morgan fingerprint density at radius 2 is 1.76 bits per heavy atom. The van der Waals surface area contributed by atoms with E-state index in [1.165, 1.54) is 19.3 Å². The van der Waals surface area contributed by atoms with Crippen LogP contribution >= 0.6 is 0 Å². The summed E-state index contributed by atoms with van der Waals surface area (Å²) >= 11 is 0. The van der Waals surface area contributed by atoms with Gasteiger partial charge in [-0.1, -0.05) is 81.4 Å². The van der Waals surface area contributed by atoms with E-state index < -0.39 is 43.9 Å². The predicted octanol–water partition coefficient (Wildman–Crippen LogP) is 3.22. The molecule has 4 N–H and O–H groups in total. The first-order valence-corrected chi connectivity index (χ1v) is 16.7. The van der Waals surface area contributed by atoms with Gasteiger partial charge >= 0.3 is 5.97 Å². The minimum atomic E-state index is -2.99. The van der Waals surface area contributed by atoms with Crippen LogP contribution in [0.1, 0.15) is 40.8 Å². The Hall–Kier alpha value is -4.36. The van der Waals surface area contributed by atoms with Crippen LogP contribution in [-0.2, 0) is 18.7 Å². The van der Waals surface area contributed by atoms with Crippen LogP contribution in [0.3, 0.4) is 0 Å². The number of rotatable bonds is 7. The normalized spacial score (nSPS) is 22.8. The molecule has 4 heterocycles. The number of aliphatic hydroxyl groups is 1. The van der Waals surface area contributed by atoms with E-state index in [1.54, 1.807) is 17.7 Å². The lowest BCUT2D eigenvalue weighted by Crippen LogP contribution is -2.67. The van der Waals surface area contributed by atoms with Gasteiger partial charge in [0.05, 0.1) is 18.3 Å². The van der Waals surface area contributed by atoms with Crippen molar-refractivity contribution in [3.63, 3.8) is 0 Å². The van der Waals surface area contributed by atoms with Crippen LogP contribution in [0.25, 0.3) is 10.8 Å². The third-order valence-electron chi connectivity index (χ3n) is 8.59. The van der Waals surface area contributed by atoms with E-state index in [0.717, 1.165) is 10.4 Å². The number of nitrogen functional groups attached to an aromatic ring is 1. The molecule has 0 aliphatic carbocycles. The molecule has 2 aliphatic rings. The fourth-order valence-electron chi connectivity index (χ4n) is 6.65. The van der Waals surface area contributed by atoms with Crippen LogP contribution in [-0.4, -0.2) is 59.7 Å². The minimum absolute atomic E-state index is 0.0300. The molecule has 0 bridgehead atoms. The van der Waals surface area contributed by atoms with Crippen molar-refractivity contribution in [3.8, 4) is 0 Å². The van der Waals surface area contributed by atoms with Gasteiger partial charge in [0, 0.05) is 30.3 Å². The average molecular weight is 628 g/mol. The van der Waals surface area contributed by atoms with Crippen LogP contribution < -0.4 is 27.0 Å². The van der Waals surface area contributed by atoms with Crippen molar-refractivity contribution in [2.24, 2.45) is 4.99 Å². The van der Waals surface area contributed by atoms with Crippen molar-refractivity contribution in [1.82, 2.24) is 9.55 Å². The van der Waals surface area contributed by atoms with Crippen LogP contribution in [0.5, 0.6) is 0 Å². The summed E-state index contributed by atoms with van der Waals surface area (Å²) in [5, 5.41) is 17.8. The summed E-state index contributed by atoms with van der Waals surface area (Å²) in [7, 11) is -2.99. The monoisotopic (exact) mass is 627 g/mol. The molecular weight excluding hydrogens is 590 g/mol. The van der Waals surface area contributed by atoms with Crippen molar-refractivity contribution in [2.75, 3.05) is 17.7 Å². The number of carbonyl (C=O) groups is 1. The number of nitrogens with two attached hydrogens (primary N) is 1. The zero-order valence-electron chi connectivity index (χ0n) is 25.9. The van der Waals surface area contributed by atoms with E-state index in [4.69, 9.17) is 19.6 Å². The van der Waals surface area contributed by atoms with Gasteiger partial charge in [0.2, 0.25) is 0 Å². The molecule has 0 radical (unpaired) electrons. The lowest BCUT2D eigenvalue weighted by Gasteiger charge is -2.43. The van der Waals surface area contributed by atoms with Crippen molar-refractivity contribution in [2.45, 2.75) is 63.7 Å². The van der Waals surface area contributed by atoms with E-state index in [-0.39, 0.29) is 23.2 Å². The molecule has 0 saturated carbocycles. The molecule has 6 rings (SSSR count). The molecule has 12 heteroatoms. The molecule has 1 fully saturated rings. The topological polar surface area (TPSA) is 150 Å². The van der Waals surface area contributed by atoms with E-state index in [0.29, 0.717) is 16.6 Å². The van der Waals surface area contributed by atoms with Crippen LogP contribution in [0.2, 0.25) is 5.04 Å². The number of esters is 1. The Kier molecular flexibility index (Phi) is 7.64. The lowest BCUT2D eigenvalue weighted by molar-refractivity contribution is -0.161. The molecule has 11 nitrogen and oxygen atoms in total. The summed E-state index contributed by atoms with van der Waals surface area (Å²) in [5.74, 6) is 0.108. The number of benzene rings is 2. The summed E-state index contributed by atoms with van der Waals surface area (Å²) in [6.07, 6.45) is 0.0906. The van der Waals surface area contributed by atoms with Crippen molar-refractivity contribution >= 4 is 59.1 Å². The Labute approximate surface area is 261 Å². The Bertz CT molecular complexity index is 1800. The number of anilines is 2. The van der Waals surface area contributed by atoms with Crippen molar-refractivity contribution in [3.05, 3.63) is 83.3 Å².